The molecule has 158 valence electrons. The normalized spacial score (nSPS) is 18.6. The lowest BCUT2D eigenvalue weighted by molar-refractivity contribution is -0.137. The molecule has 1 aliphatic heterocycles. The first-order chi connectivity index (χ1) is 15.5. The van der Waals surface area contributed by atoms with Crippen LogP contribution in [0.2, 0.25) is 0 Å². The number of rotatable bonds is 5. The van der Waals surface area contributed by atoms with E-state index in [0.29, 0.717) is 5.69 Å². The first kappa shape index (κ1) is 20.2. The monoisotopic (exact) mass is 423 g/mol. The van der Waals surface area contributed by atoms with Crippen molar-refractivity contribution in [1.29, 1.82) is 0 Å². The lowest BCUT2D eigenvalue weighted by Gasteiger charge is -2.30. The highest BCUT2D eigenvalue weighted by Gasteiger charge is 2.54. The summed E-state index contributed by atoms with van der Waals surface area (Å²) in [6.07, 6.45) is 1.56. The van der Waals surface area contributed by atoms with Gasteiger partial charge < -0.3 is 10.0 Å². The third-order valence-electron chi connectivity index (χ3n) is 6.28. The van der Waals surface area contributed by atoms with Gasteiger partial charge in [-0.1, -0.05) is 78.9 Å². The number of fused-ring (bicyclic) bond motifs is 2. The van der Waals surface area contributed by atoms with E-state index >= 15 is 0 Å². The van der Waals surface area contributed by atoms with Crippen molar-refractivity contribution in [3.8, 4) is 0 Å². The molecule has 1 amide bonds. The Morgan fingerprint density at radius 3 is 2.47 bits per heavy atom. The molecule has 4 aromatic carbocycles. The Bertz CT molecular complexity index is 1330. The van der Waals surface area contributed by atoms with Crippen LogP contribution in [0.15, 0.2) is 104 Å². The number of carbonyl (C=O) groups is 1. The van der Waals surface area contributed by atoms with Crippen molar-refractivity contribution in [2.24, 2.45) is 0 Å². The van der Waals surface area contributed by atoms with Crippen molar-refractivity contribution in [3.63, 3.8) is 0 Å². The zero-order valence-electron chi connectivity index (χ0n) is 17.4. The van der Waals surface area contributed by atoms with Crippen LogP contribution in [0.3, 0.4) is 0 Å². The van der Waals surface area contributed by atoms with E-state index < -0.39 is 23.2 Å². The molecule has 0 fully saturated rings. The second kappa shape index (κ2) is 7.74. The van der Waals surface area contributed by atoms with Crippen molar-refractivity contribution >= 4 is 22.4 Å². The largest absolute Gasteiger partial charge is 0.374 e. The molecule has 4 aromatic rings. The summed E-state index contributed by atoms with van der Waals surface area (Å²) in [5, 5.41) is 14.0. The fourth-order valence-electron chi connectivity index (χ4n) is 4.75. The molecular weight excluding hydrogens is 401 g/mol. The van der Waals surface area contributed by atoms with E-state index in [0.717, 1.165) is 21.9 Å². The average Bonchev–Trinajstić information content (AvgIpc) is 3.02. The van der Waals surface area contributed by atoms with Gasteiger partial charge in [-0.05, 0) is 40.1 Å². The predicted molar refractivity (Wildman–Crippen MR) is 125 cm³/mol. The summed E-state index contributed by atoms with van der Waals surface area (Å²) in [5.74, 6) is -1.72. The fourth-order valence-corrected chi connectivity index (χ4v) is 4.75. The number of halogens is 1. The summed E-state index contributed by atoms with van der Waals surface area (Å²) in [7, 11) is 0. The SMILES string of the molecule is C=C[C@H](c1ccccc1)[C@]1(O)C(=O)N(Cc2cccc3ccccc23)c2ccc(F)cc21. The predicted octanol–water partition coefficient (Wildman–Crippen LogP) is 5.68. The molecule has 0 bridgehead atoms. The first-order valence-corrected chi connectivity index (χ1v) is 10.5. The van der Waals surface area contributed by atoms with E-state index in [1.54, 1.807) is 17.0 Å². The molecule has 0 saturated heterocycles. The van der Waals surface area contributed by atoms with Gasteiger partial charge in [-0.2, -0.15) is 0 Å². The number of anilines is 1. The van der Waals surface area contributed by atoms with Gasteiger partial charge in [0, 0.05) is 11.5 Å². The molecule has 5 rings (SSSR count). The molecule has 1 heterocycles. The fraction of sp³-hybridized carbons (Fsp3) is 0.107. The molecule has 1 N–H and O–H groups in total. The summed E-state index contributed by atoms with van der Waals surface area (Å²) in [6.45, 7) is 4.15. The lowest BCUT2D eigenvalue weighted by atomic mass is 9.78. The quantitative estimate of drug-likeness (QED) is 0.420. The minimum atomic E-state index is -1.95. The highest BCUT2D eigenvalue weighted by molar-refractivity contribution is 6.08. The minimum absolute atomic E-state index is 0.261. The Labute approximate surface area is 186 Å². The number of aliphatic hydroxyl groups is 1. The molecule has 0 spiro atoms. The maximum atomic E-state index is 14.3. The molecule has 0 unspecified atom stereocenters. The van der Waals surface area contributed by atoms with Crippen LogP contribution in [0.1, 0.15) is 22.6 Å². The maximum absolute atomic E-state index is 14.3. The molecule has 1 aliphatic rings. The molecule has 2 atom stereocenters. The number of benzene rings is 4. The summed E-state index contributed by atoms with van der Waals surface area (Å²) in [4.78, 5) is 15.4. The van der Waals surface area contributed by atoms with Crippen molar-refractivity contribution in [1.82, 2.24) is 0 Å². The van der Waals surface area contributed by atoms with E-state index in [9.17, 15) is 14.3 Å². The lowest BCUT2D eigenvalue weighted by Crippen LogP contribution is -2.44. The second-order valence-electron chi connectivity index (χ2n) is 8.08. The molecule has 4 heteroatoms. The zero-order chi connectivity index (χ0) is 22.3. The standard InChI is InChI=1S/C28H22FNO2/c1-2-24(20-10-4-3-5-11-20)28(32)25-17-22(29)15-16-26(25)30(27(28)31)18-21-13-8-12-19-9-6-7-14-23(19)21/h2-17,24,32H,1,18H2/t24-,28-/m1/s1. The molecule has 3 nitrogen and oxygen atoms in total. The summed E-state index contributed by atoms with van der Waals surface area (Å²) >= 11 is 0. The Balaban J connectivity index is 1.65. The Morgan fingerprint density at radius 1 is 0.969 bits per heavy atom. The molecular formula is C28H22FNO2. The number of hydrogen-bond donors (Lipinski definition) is 1. The molecule has 0 aromatic heterocycles. The van der Waals surface area contributed by atoms with E-state index in [2.05, 4.69) is 6.58 Å². The molecule has 0 radical (unpaired) electrons. The van der Waals surface area contributed by atoms with Crippen LogP contribution in [0.25, 0.3) is 10.8 Å². The third kappa shape index (κ3) is 3.03. The van der Waals surface area contributed by atoms with Gasteiger partial charge in [0.05, 0.1) is 12.2 Å². The van der Waals surface area contributed by atoms with Crippen LogP contribution in [0.4, 0.5) is 10.1 Å². The number of carbonyl (C=O) groups excluding carboxylic acids is 1. The average molecular weight is 423 g/mol. The molecule has 32 heavy (non-hydrogen) atoms. The van der Waals surface area contributed by atoms with Crippen LogP contribution in [-0.4, -0.2) is 11.0 Å². The summed E-state index contributed by atoms with van der Waals surface area (Å²) in [6, 6.07) is 27.3. The van der Waals surface area contributed by atoms with Crippen LogP contribution < -0.4 is 4.90 Å². The smallest absolute Gasteiger partial charge is 0.264 e. The van der Waals surface area contributed by atoms with Crippen LogP contribution in [0, 0.1) is 5.82 Å². The highest BCUT2D eigenvalue weighted by Crippen LogP contribution is 2.49. The van der Waals surface area contributed by atoms with Crippen molar-refractivity contribution < 1.29 is 14.3 Å². The summed E-state index contributed by atoms with van der Waals surface area (Å²) < 4.78 is 14.3. The van der Waals surface area contributed by atoms with Crippen LogP contribution in [-0.2, 0) is 16.9 Å². The van der Waals surface area contributed by atoms with Gasteiger partial charge in [-0.25, -0.2) is 4.39 Å². The van der Waals surface area contributed by atoms with Gasteiger partial charge in [0.15, 0.2) is 5.60 Å². The van der Waals surface area contributed by atoms with Crippen molar-refractivity contribution in [3.05, 3.63) is 126 Å². The van der Waals surface area contributed by atoms with Crippen molar-refractivity contribution in [2.75, 3.05) is 4.90 Å². The van der Waals surface area contributed by atoms with Gasteiger partial charge in [0.2, 0.25) is 0 Å². The van der Waals surface area contributed by atoms with Gasteiger partial charge >= 0.3 is 0 Å². The van der Waals surface area contributed by atoms with Gasteiger partial charge in [-0.15, -0.1) is 6.58 Å². The Kier molecular flexibility index (Phi) is 4.87. The number of nitrogens with zero attached hydrogens (tertiary/aromatic N) is 1. The molecule has 0 saturated carbocycles. The van der Waals surface area contributed by atoms with E-state index in [-0.39, 0.29) is 12.1 Å². The van der Waals surface area contributed by atoms with E-state index in [1.807, 2.05) is 72.8 Å². The van der Waals surface area contributed by atoms with Crippen LogP contribution in [0.5, 0.6) is 0 Å². The third-order valence-corrected chi connectivity index (χ3v) is 6.28. The van der Waals surface area contributed by atoms with Crippen molar-refractivity contribution in [2.45, 2.75) is 18.1 Å². The van der Waals surface area contributed by atoms with Gasteiger partial charge in [-0.3, -0.25) is 4.79 Å². The Morgan fingerprint density at radius 2 is 1.69 bits per heavy atom. The number of amides is 1. The minimum Gasteiger partial charge on any atom is -0.374 e. The van der Waals surface area contributed by atoms with E-state index in [1.165, 1.54) is 12.1 Å². The van der Waals surface area contributed by atoms with Gasteiger partial charge in [0.25, 0.3) is 5.91 Å². The van der Waals surface area contributed by atoms with E-state index in [4.69, 9.17) is 0 Å². The maximum Gasteiger partial charge on any atom is 0.264 e. The summed E-state index contributed by atoms with van der Waals surface area (Å²) in [5.41, 5.74) is 0.503. The topological polar surface area (TPSA) is 40.5 Å². The number of hydrogen-bond acceptors (Lipinski definition) is 2. The van der Waals surface area contributed by atoms with Crippen LogP contribution >= 0.6 is 0 Å². The first-order valence-electron chi connectivity index (χ1n) is 10.5. The highest BCUT2D eigenvalue weighted by atomic mass is 19.1. The Hall–Kier alpha value is -3.76. The zero-order valence-corrected chi connectivity index (χ0v) is 17.4. The second-order valence-corrected chi connectivity index (χ2v) is 8.08. The van der Waals surface area contributed by atoms with Gasteiger partial charge in [0.1, 0.15) is 5.82 Å². The molecule has 0 aliphatic carbocycles.